The first kappa shape index (κ1) is 22.8. The van der Waals surface area contributed by atoms with Gasteiger partial charge in [0, 0.05) is 34.6 Å². The van der Waals surface area contributed by atoms with Gasteiger partial charge in [-0.1, -0.05) is 29.8 Å². The van der Waals surface area contributed by atoms with Crippen molar-refractivity contribution < 1.29 is 9.59 Å². The van der Waals surface area contributed by atoms with Crippen LogP contribution in [0.2, 0.25) is 5.02 Å². The molecule has 0 atom stereocenters. The number of hydrogen-bond acceptors (Lipinski definition) is 4. The first-order valence-electron chi connectivity index (χ1n) is 9.86. The summed E-state index contributed by atoms with van der Waals surface area (Å²) in [6.45, 7) is 5.61. The first-order chi connectivity index (χ1) is 15.3. The lowest BCUT2D eigenvalue weighted by Gasteiger charge is -2.07. The lowest BCUT2D eigenvalue weighted by atomic mass is 10.1. The van der Waals surface area contributed by atoms with Crippen molar-refractivity contribution >= 4 is 40.9 Å². The van der Waals surface area contributed by atoms with Crippen LogP contribution in [-0.2, 0) is 16.1 Å². The molecule has 8 heteroatoms. The highest BCUT2D eigenvalue weighted by molar-refractivity contribution is 6.31. The SMILES string of the molecule is CC(=O)Nc1ccc(NC(=O)/C(C#N)=C/c2c(C)nn(Cc3ccccc3Cl)c2C)cc1. The number of aryl methyl sites for hydroxylation is 1. The molecule has 2 aromatic carbocycles. The average Bonchev–Trinajstić information content (AvgIpc) is 3.01. The Kier molecular flexibility index (Phi) is 7.08. The molecular formula is C24H22ClN5O2. The number of halogens is 1. The number of carbonyl (C=O) groups excluding carboxylic acids is 2. The van der Waals surface area contributed by atoms with Gasteiger partial charge in [0.25, 0.3) is 5.91 Å². The zero-order chi connectivity index (χ0) is 23.3. The number of anilines is 2. The number of nitrogens with one attached hydrogen (secondary N) is 2. The van der Waals surface area contributed by atoms with E-state index in [1.807, 2.05) is 44.2 Å². The van der Waals surface area contributed by atoms with Crippen LogP contribution in [0.4, 0.5) is 11.4 Å². The molecule has 0 bridgehead atoms. The van der Waals surface area contributed by atoms with Gasteiger partial charge in [0.05, 0.1) is 12.2 Å². The first-order valence-corrected chi connectivity index (χ1v) is 10.2. The van der Waals surface area contributed by atoms with Gasteiger partial charge in [0.1, 0.15) is 11.6 Å². The van der Waals surface area contributed by atoms with Crippen molar-refractivity contribution in [2.75, 3.05) is 10.6 Å². The number of carbonyl (C=O) groups is 2. The molecule has 0 aliphatic heterocycles. The molecule has 7 nitrogen and oxygen atoms in total. The van der Waals surface area contributed by atoms with Crippen LogP contribution in [-0.4, -0.2) is 21.6 Å². The second-order valence-electron chi connectivity index (χ2n) is 7.22. The zero-order valence-electron chi connectivity index (χ0n) is 17.9. The Morgan fingerprint density at radius 2 is 1.72 bits per heavy atom. The molecule has 2 N–H and O–H groups in total. The van der Waals surface area contributed by atoms with Crippen molar-refractivity contribution in [1.82, 2.24) is 9.78 Å². The van der Waals surface area contributed by atoms with E-state index in [2.05, 4.69) is 15.7 Å². The minimum Gasteiger partial charge on any atom is -0.326 e. The van der Waals surface area contributed by atoms with E-state index < -0.39 is 5.91 Å². The molecular weight excluding hydrogens is 426 g/mol. The van der Waals surface area contributed by atoms with Crippen molar-refractivity contribution in [3.8, 4) is 6.07 Å². The number of amides is 2. The van der Waals surface area contributed by atoms with Gasteiger partial charge >= 0.3 is 0 Å². The van der Waals surface area contributed by atoms with Gasteiger partial charge in [-0.05, 0) is 55.8 Å². The Morgan fingerprint density at radius 3 is 2.31 bits per heavy atom. The van der Waals surface area contributed by atoms with E-state index >= 15 is 0 Å². The largest absolute Gasteiger partial charge is 0.326 e. The molecule has 3 rings (SSSR count). The smallest absolute Gasteiger partial charge is 0.266 e. The fraction of sp³-hybridized carbons (Fsp3) is 0.167. The summed E-state index contributed by atoms with van der Waals surface area (Å²) in [6.07, 6.45) is 1.54. The normalized spacial score (nSPS) is 11.0. The Morgan fingerprint density at radius 1 is 1.09 bits per heavy atom. The highest BCUT2D eigenvalue weighted by Gasteiger charge is 2.15. The minimum atomic E-state index is -0.530. The maximum Gasteiger partial charge on any atom is 0.266 e. The van der Waals surface area contributed by atoms with Crippen LogP contribution >= 0.6 is 11.6 Å². The third kappa shape index (κ3) is 5.42. The van der Waals surface area contributed by atoms with E-state index in [1.54, 1.807) is 35.0 Å². The van der Waals surface area contributed by atoms with Crippen LogP contribution in [0.3, 0.4) is 0 Å². The summed E-state index contributed by atoms with van der Waals surface area (Å²) in [4.78, 5) is 23.8. The van der Waals surface area contributed by atoms with Crippen molar-refractivity contribution in [2.24, 2.45) is 0 Å². The van der Waals surface area contributed by atoms with Crippen LogP contribution in [0.1, 0.15) is 29.4 Å². The van der Waals surface area contributed by atoms with Gasteiger partial charge in [-0.15, -0.1) is 0 Å². The molecule has 32 heavy (non-hydrogen) atoms. The van der Waals surface area contributed by atoms with Crippen molar-refractivity contribution in [3.05, 3.63) is 81.6 Å². The third-order valence-electron chi connectivity index (χ3n) is 4.83. The lowest BCUT2D eigenvalue weighted by Crippen LogP contribution is -2.13. The number of aromatic nitrogens is 2. The molecule has 0 saturated carbocycles. The molecule has 0 aliphatic rings. The zero-order valence-corrected chi connectivity index (χ0v) is 18.7. The highest BCUT2D eigenvalue weighted by atomic mass is 35.5. The summed E-state index contributed by atoms with van der Waals surface area (Å²) in [5.74, 6) is -0.713. The molecule has 0 fully saturated rings. The molecule has 0 radical (unpaired) electrons. The standard InChI is InChI=1S/C24H22ClN5O2/c1-15-22(16(2)30(29-15)14-18-6-4-5-7-23(18)25)12-19(13-26)24(32)28-21-10-8-20(9-11-21)27-17(3)31/h4-12H,14H2,1-3H3,(H,27,31)(H,28,32)/b19-12+. The fourth-order valence-electron chi connectivity index (χ4n) is 3.19. The third-order valence-corrected chi connectivity index (χ3v) is 5.20. The van der Waals surface area contributed by atoms with Gasteiger partial charge in [-0.25, -0.2) is 0 Å². The predicted octanol–water partition coefficient (Wildman–Crippen LogP) is 4.71. The van der Waals surface area contributed by atoms with E-state index in [-0.39, 0.29) is 11.5 Å². The summed E-state index contributed by atoms with van der Waals surface area (Å²) in [6, 6.07) is 16.1. The van der Waals surface area contributed by atoms with Gasteiger partial charge in [0.2, 0.25) is 5.91 Å². The maximum absolute atomic E-state index is 12.7. The van der Waals surface area contributed by atoms with E-state index in [4.69, 9.17) is 11.6 Å². The number of rotatable bonds is 6. The Bertz CT molecular complexity index is 1240. The van der Waals surface area contributed by atoms with Crippen LogP contribution < -0.4 is 10.6 Å². The quantitative estimate of drug-likeness (QED) is 0.422. The molecule has 162 valence electrons. The highest BCUT2D eigenvalue weighted by Crippen LogP contribution is 2.22. The maximum atomic E-state index is 12.7. The topological polar surface area (TPSA) is 99.8 Å². The second kappa shape index (κ2) is 9.94. The summed E-state index contributed by atoms with van der Waals surface area (Å²) in [5.41, 5.74) is 4.25. The molecule has 1 heterocycles. The van der Waals surface area contributed by atoms with Gasteiger partial charge in [0.15, 0.2) is 0 Å². The summed E-state index contributed by atoms with van der Waals surface area (Å²) in [7, 11) is 0. The molecule has 0 spiro atoms. The molecule has 1 aromatic heterocycles. The van der Waals surface area contributed by atoms with E-state index in [1.165, 1.54) is 6.92 Å². The summed E-state index contributed by atoms with van der Waals surface area (Å²) in [5, 5.41) is 20.1. The van der Waals surface area contributed by atoms with Crippen LogP contribution in [0.5, 0.6) is 0 Å². The van der Waals surface area contributed by atoms with Crippen LogP contribution in [0.25, 0.3) is 6.08 Å². The van der Waals surface area contributed by atoms with Crippen LogP contribution in [0, 0.1) is 25.2 Å². The van der Waals surface area contributed by atoms with Crippen molar-refractivity contribution in [1.29, 1.82) is 5.26 Å². The molecule has 0 unspecified atom stereocenters. The molecule has 3 aromatic rings. The molecule has 0 saturated heterocycles. The predicted molar refractivity (Wildman–Crippen MR) is 125 cm³/mol. The second-order valence-corrected chi connectivity index (χ2v) is 7.62. The Labute approximate surface area is 191 Å². The number of nitrogens with zero attached hydrogens (tertiary/aromatic N) is 3. The monoisotopic (exact) mass is 447 g/mol. The Balaban J connectivity index is 1.80. The molecule has 2 amide bonds. The fourth-order valence-corrected chi connectivity index (χ4v) is 3.39. The number of hydrogen-bond donors (Lipinski definition) is 2. The van der Waals surface area contributed by atoms with E-state index in [0.717, 1.165) is 11.3 Å². The number of benzene rings is 2. The molecule has 0 aliphatic carbocycles. The van der Waals surface area contributed by atoms with E-state index in [9.17, 15) is 14.9 Å². The van der Waals surface area contributed by atoms with Gasteiger partial charge in [-0.3, -0.25) is 14.3 Å². The van der Waals surface area contributed by atoms with Gasteiger partial charge in [-0.2, -0.15) is 10.4 Å². The lowest BCUT2D eigenvalue weighted by molar-refractivity contribution is -0.114. The number of nitriles is 1. The van der Waals surface area contributed by atoms with E-state index in [0.29, 0.717) is 34.2 Å². The minimum absolute atomic E-state index is 0.0422. The van der Waals surface area contributed by atoms with Crippen molar-refractivity contribution in [3.63, 3.8) is 0 Å². The van der Waals surface area contributed by atoms with Crippen LogP contribution in [0.15, 0.2) is 54.1 Å². The average molecular weight is 448 g/mol. The van der Waals surface area contributed by atoms with Crippen molar-refractivity contribution in [2.45, 2.75) is 27.3 Å². The Hall–Kier alpha value is -3.89. The summed E-state index contributed by atoms with van der Waals surface area (Å²) >= 11 is 6.26. The summed E-state index contributed by atoms with van der Waals surface area (Å²) < 4.78 is 1.80. The van der Waals surface area contributed by atoms with Gasteiger partial charge < -0.3 is 10.6 Å².